The van der Waals surface area contributed by atoms with Gasteiger partial charge in [0.1, 0.15) is 0 Å². The van der Waals surface area contributed by atoms with Crippen LogP contribution in [0.1, 0.15) is 0 Å². The summed E-state index contributed by atoms with van der Waals surface area (Å²) in [6.07, 6.45) is 3.75. The summed E-state index contributed by atoms with van der Waals surface area (Å²) in [6.45, 7) is 0. The maximum Gasteiger partial charge on any atom is 2.00 e. The Balaban J connectivity index is 0.00000444. The van der Waals surface area contributed by atoms with Gasteiger partial charge in [0.2, 0.25) is 0 Å². The number of anilines is 3. The quantitative estimate of drug-likeness (QED) is 0.155. The first-order chi connectivity index (χ1) is 30.7. The number of aromatic nitrogens is 2. The zero-order valence-electron chi connectivity index (χ0n) is 33.8. The topological polar surface area (TPSA) is 29.0 Å². The number of nitrogens with zero attached hydrogens (tertiary/aromatic N) is 3. The number of pyridine rings is 2. The van der Waals surface area contributed by atoms with Gasteiger partial charge in [-0.3, -0.25) is 0 Å². The Hall–Kier alpha value is -7.23. The molecule has 0 aliphatic heterocycles. The van der Waals surface area contributed by atoms with Crippen molar-refractivity contribution in [1.82, 2.24) is 9.97 Å². The third-order valence-corrected chi connectivity index (χ3v) is 13.1. The van der Waals surface area contributed by atoms with Crippen LogP contribution in [0.4, 0.5) is 17.1 Å². The average molecular weight is 1000 g/mol. The van der Waals surface area contributed by atoms with Crippen molar-refractivity contribution in [3.05, 3.63) is 225 Å². The molecule has 3 aromatic heterocycles. The molecule has 1 aliphatic carbocycles. The monoisotopic (exact) mass is 1000 g/mol. The maximum absolute atomic E-state index is 5.02. The van der Waals surface area contributed by atoms with Crippen molar-refractivity contribution in [2.24, 2.45) is 0 Å². The van der Waals surface area contributed by atoms with Crippen molar-refractivity contribution >= 4 is 48.6 Å². The summed E-state index contributed by atoms with van der Waals surface area (Å²) in [5.74, 6) is 0. The minimum absolute atomic E-state index is 0. The molecular formula is C58H35N3PtS. The Morgan fingerprint density at radius 3 is 1.60 bits per heavy atom. The number of fused-ring (bicyclic) bond motifs is 11. The van der Waals surface area contributed by atoms with Crippen LogP contribution >= 0.6 is 11.3 Å². The Morgan fingerprint density at radius 1 is 0.397 bits per heavy atom. The third kappa shape index (κ3) is 6.80. The Bertz CT molecular complexity index is 3480. The molecule has 63 heavy (non-hydrogen) atoms. The normalized spacial score (nSPS) is 11.4. The molecule has 5 heteroatoms. The van der Waals surface area contributed by atoms with Crippen LogP contribution in [0.15, 0.2) is 213 Å². The first-order valence-electron chi connectivity index (χ1n) is 20.8. The van der Waals surface area contributed by atoms with E-state index in [1.54, 1.807) is 11.3 Å². The predicted molar refractivity (Wildman–Crippen MR) is 259 cm³/mol. The van der Waals surface area contributed by atoms with E-state index in [1.165, 1.54) is 71.1 Å². The van der Waals surface area contributed by atoms with E-state index in [0.29, 0.717) is 0 Å². The van der Waals surface area contributed by atoms with Crippen molar-refractivity contribution in [2.75, 3.05) is 4.90 Å². The van der Waals surface area contributed by atoms with Crippen molar-refractivity contribution in [2.45, 2.75) is 0 Å². The smallest absolute Gasteiger partial charge is 0.346 e. The summed E-state index contributed by atoms with van der Waals surface area (Å²) < 4.78 is 2.37. The number of hydrogen-bond acceptors (Lipinski definition) is 4. The first-order valence-corrected chi connectivity index (χ1v) is 21.6. The van der Waals surface area contributed by atoms with Gasteiger partial charge in [0.25, 0.3) is 0 Å². The molecule has 0 saturated heterocycles. The summed E-state index contributed by atoms with van der Waals surface area (Å²) in [7, 11) is 0. The van der Waals surface area contributed by atoms with Crippen molar-refractivity contribution in [1.29, 1.82) is 0 Å². The van der Waals surface area contributed by atoms with Gasteiger partial charge in [-0.25, -0.2) is 0 Å². The van der Waals surface area contributed by atoms with Gasteiger partial charge in [-0.1, -0.05) is 127 Å². The van der Waals surface area contributed by atoms with Crippen LogP contribution in [0.5, 0.6) is 0 Å². The molecule has 0 radical (unpaired) electrons. The second kappa shape index (κ2) is 16.2. The summed E-state index contributed by atoms with van der Waals surface area (Å²) in [5, 5.41) is 2.42. The second-order valence-electron chi connectivity index (χ2n) is 15.5. The molecule has 0 fully saturated rings. The molecular weight excluding hydrogens is 966 g/mol. The van der Waals surface area contributed by atoms with Crippen LogP contribution in [0.25, 0.3) is 98.3 Å². The zero-order valence-corrected chi connectivity index (χ0v) is 36.9. The fourth-order valence-electron chi connectivity index (χ4n) is 9.08. The molecule has 0 amide bonds. The molecule has 0 unspecified atom stereocenters. The minimum Gasteiger partial charge on any atom is -0.346 e. The molecule has 298 valence electrons. The fraction of sp³-hybridized carbons (Fsp3) is 0. The van der Waals surface area contributed by atoms with Gasteiger partial charge < -0.3 is 14.9 Å². The van der Waals surface area contributed by atoms with Crippen LogP contribution in [-0.2, 0) is 21.1 Å². The molecule has 8 aromatic carbocycles. The van der Waals surface area contributed by atoms with Crippen LogP contribution in [0.3, 0.4) is 0 Å². The third-order valence-electron chi connectivity index (χ3n) is 11.9. The van der Waals surface area contributed by atoms with E-state index >= 15 is 0 Å². The van der Waals surface area contributed by atoms with Crippen LogP contribution < -0.4 is 4.90 Å². The molecule has 0 bridgehead atoms. The second-order valence-corrected chi connectivity index (χ2v) is 16.6. The average Bonchev–Trinajstić information content (AvgIpc) is 3.73. The zero-order chi connectivity index (χ0) is 41.0. The maximum atomic E-state index is 5.02. The molecule has 3 nitrogen and oxygen atoms in total. The van der Waals surface area contributed by atoms with Gasteiger partial charge >= 0.3 is 21.1 Å². The predicted octanol–water partition coefficient (Wildman–Crippen LogP) is 15.9. The first kappa shape index (κ1) is 38.7. The van der Waals surface area contributed by atoms with Gasteiger partial charge in [0.15, 0.2) is 0 Å². The fourth-order valence-corrected chi connectivity index (χ4v) is 10.3. The Labute approximate surface area is 384 Å². The van der Waals surface area contributed by atoms with E-state index in [1.807, 2.05) is 36.7 Å². The van der Waals surface area contributed by atoms with E-state index in [0.717, 1.165) is 44.3 Å². The van der Waals surface area contributed by atoms with E-state index in [9.17, 15) is 0 Å². The van der Waals surface area contributed by atoms with Crippen molar-refractivity contribution in [3.63, 3.8) is 0 Å². The van der Waals surface area contributed by atoms with Crippen LogP contribution in [-0.4, -0.2) is 9.97 Å². The van der Waals surface area contributed by atoms with Crippen molar-refractivity contribution < 1.29 is 21.1 Å². The minimum atomic E-state index is 0. The van der Waals surface area contributed by atoms with Gasteiger partial charge in [0, 0.05) is 33.2 Å². The number of benzene rings is 8. The molecule has 0 atom stereocenters. The van der Waals surface area contributed by atoms with E-state index < -0.39 is 0 Å². The molecule has 0 spiro atoms. The number of para-hydroxylation sites is 1. The molecule has 0 saturated carbocycles. The summed E-state index contributed by atoms with van der Waals surface area (Å²) in [5.41, 5.74) is 18.9. The van der Waals surface area contributed by atoms with Gasteiger partial charge in [-0.15, -0.1) is 71.0 Å². The van der Waals surface area contributed by atoms with Crippen molar-refractivity contribution in [3.8, 4) is 78.1 Å². The standard InChI is InChI=1S/C58H35N3S.Pt/c1-2-16-42(17-3-1)61(43-18-12-14-40(34-43)55-26-10-11-32-59-55)44-19-13-15-41(35-44)57-58-53(31-33-60-57)52-30-28-39(37-56(52)62-58)38-27-29-51-49-24-7-6-22-47(49)45-20-4-5-21-46(45)48-23-8-9-25-50(48)54(51)36-38;/h1-33,36-37H;/q-2;+2. The van der Waals surface area contributed by atoms with Crippen LogP contribution in [0.2, 0.25) is 0 Å². The number of rotatable bonds is 6. The molecule has 11 aromatic rings. The van der Waals surface area contributed by atoms with Gasteiger partial charge in [-0.2, -0.15) is 0 Å². The van der Waals surface area contributed by atoms with Crippen LogP contribution in [0, 0.1) is 12.1 Å². The SMILES string of the molecule is [Pt+2].[c-]1c(-c2ccccn2)cccc1N(c1[c-]c(-c2nccc3c2sc2cc(-c4ccc5c(c4)-c4ccccc4-c4ccccc4-c4ccccc4-5)ccc23)ccc1)c1ccccc1. The van der Waals surface area contributed by atoms with Gasteiger partial charge in [0.05, 0.1) is 0 Å². The number of hydrogen-bond donors (Lipinski definition) is 0. The molecule has 1 aliphatic rings. The Morgan fingerprint density at radius 2 is 0.952 bits per heavy atom. The summed E-state index contributed by atoms with van der Waals surface area (Å²) >= 11 is 1.80. The largest absolute Gasteiger partial charge is 2.00 e. The van der Waals surface area contributed by atoms with E-state index in [4.69, 9.17) is 4.98 Å². The molecule has 3 heterocycles. The summed E-state index contributed by atoms with van der Waals surface area (Å²) in [6, 6.07) is 78.8. The van der Waals surface area contributed by atoms with Gasteiger partial charge in [-0.05, 0) is 120 Å². The number of thiophene rings is 1. The Kier molecular flexibility index (Phi) is 9.96. The molecule has 12 rings (SSSR count). The van der Waals surface area contributed by atoms with E-state index in [-0.39, 0.29) is 21.1 Å². The summed E-state index contributed by atoms with van der Waals surface area (Å²) in [4.78, 5) is 11.8. The van der Waals surface area contributed by atoms with E-state index in [2.05, 4.69) is 198 Å². The molecule has 0 N–H and O–H groups in total.